The Bertz CT molecular complexity index is 890. The number of aldehydes is 1. The minimum atomic E-state index is -0.327. The smallest absolute Gasteiger partial charge is 0.154 e. The number of rotatable bonds is 2. The van der Waals surface area contributed by atoms with E-state index in [9.17, 15) is 9.18 Å². The number of nitrogens with two attached hydrogens (primary N) is 1. The number of furan rings is 1. The molecule has 0 aliphatic rings. The quantitative estimate of drug-likeness (QED) is 0.496. The Kier molecular flexibility index (Phi) is 5.75. The third kappa shape index (κ3) is 3.49. The van der Waals surface area contributed by atoms with Gasteiger partial charge >= 0.3 is 0 Å². The Hall–Kier alpha value is -2.18. The van der Waals surface area contributed by atoms with Crippen LogP contribution in [0.3, 0.4) is 0 Å². The average Bonchev–Trinajstić information content (AvgIpc) is 2.85. The number of aryl methyl sites for hydroxylation is 1. The average molecular weight is 393 g/mol. The standard InChI is InChI=1S/C16H11BrFNO2.C2H7N/c1-8-4-9(18)2-3-10(8)16-12(7-20)11-5-13(17)14(19)6-15(11)21-16;1-3-2/h2-7H,19H2,1H3;3H,1-2H3. The predicted molar refractivity (Wildman–Crippen MR) is 98.8 cm³/mol. The number of carbonyl (C=O) groups excluding carboxylic acids is 1. The van der Waals surface area contributed by atoms with E-state index in [0.717, 1.165) is 6.29 Å². The van der Waals surface area contributed by atoms with Gasteiger partial charge in [-0.3, -0.25) is 4.79 Å². The summed E-state index contributed by atoms with van der Waals surface area (Å²) < 4.78 is 19.7. The van der Waals surface area contributed by atoms with Crippen molar-refractivity contribution in [2.75, 3.05) is 19.8 Å². The molecule has 126 valence electrons. The fourth-order valence-corrected chi connectivity index (χ4v) is 2.69. The van der Waals surface area contributed by atoms with Crippen LogP contribution < -0.4 is 11.1 Å². The molecule has 1 heterocycles. The van der Waals surface area contributed by atoms with E-state index in [1.165, 1.54) is 12.1 Å². The topological polar surface area (TPSA) is 68.3 Å². The van der Waals surface area contributed by atoms with E-state index < -0.39 is 0 Å². The molecule has 0 amide bonds. The highest BCUT2D eigenvalue weighted by Crippen LogP contribution is 2.37. The molecule has 0 fully saturated rings. The van der Waals surface area contributed by atoms with Crippen molar-refractivity contribution >= 4 is 38.9 Å². The number of nitrogen functional groups attached to an aromatic ring is 1. The van der Waals surface area contributed by atoms with Gasteiger partial charge in [-0.05, 0) is 66.8 Å². The number of carbonyl (C=O) groups is 1. The van der Waals surface area contributed by atoms with E-state index in [2.05, 4.69) is 21.2 Å². The van der Waals surface area contributed by atoms with Gasteiger partial charge in [0.15, 0.2) is 6.29 Å². The lowest BCUT2D eigenvalue weighted by molar-refractivity contribution is 0.112. The van der Waals surface area contributed by atoms with Gasteiger partial charge in [-0.2, -0.15) is 0 Å². The van der Waals surface area contributed by atoms with Crippen molar-refractivity contribution in [1.29, 1.82) is 0 Å². The van der Waals surface area contributed by atoms with E-state index in [0.29, 0.717) is 43.6 Å². The fourth-order valence-electron chi connectivity index (χ4n) is 2.35. The molecule has 0 radical (unpaired) electrons. The van der Waals surface area contributed by atoms with Crippen molar-refractivity contribution in [3.05, 3.63) is 51.7 Å². The highest BCUT2D eigenvalue weighted by Gasteiger charge is 2.18. The predicted octanol–water partition coefficient (Wildman–Crippen LogP) is 4.54. The second-order valence-electron chi connectivity index (χ2n) is 5.29. The summed E-state index contributed by atoms with van der Waals surface area (Å²) in [5, 5.41) is 3.42. The van der Waals surface area contributed by atoms with Gasteiger partial charge in [-0.1, -0.05) is 0 Å². The van der Waals surface area contributed by atoms with Crippen LogP contribution in [0.2, 0.25) is 0 Å². The van der Waals surface area contributed by atoms with Crippen molar-refractivity contribution in [2.45, 2.75) is 6.92 Å². The molecule has 0 saturated carbocycles. The lowest BCUT2D eigenvalue weighted by Gasteiger charge is -2.03. The molecular formula is C18H18BrFN2O2. The number of benzene rings is 2. The third-order valence-corrected chi connectivity index (χ3v) is 4.08. The second kappa shape index (κ2) is 7.59. The molecule has 0 saturated heterocycles. The van der Waals surface area contributed by atoms with Crippen LogP contribution >= 0.6 is 15.9 Å². The van der Waals surface area contributed by atoms with Gasteiger partial charge in [-0.15, -0.1) is 0 Å². The lowest BCUT2D eigenvalue weighted by Crippen LogP contribution is -1.89. The zero-order valence-electron chi connectivity index (χ0n) is 13.6. The van der Waals surface area contributed by atoms with Gasteiger partial charge in [-0.25, -0.2) is 4.39 Å². The van der Waals surface area contributed by atoms with Crippen molar-refractivity contribution < 1.29 is 13.6 Å². The Morgan fingerprint density at radius 3 is 2.50 bits per heavy atom. The Morgan fingerprint density at radius 1 is 1.25 bits per heavy atom. The van der Waals surface area contributed by atoms with E-state index >= 15 is 0 Å². The van der Waals surface area contributed by atoms with Crippen LogP contribution in [-0.2, 0) is 0 Å². The second-order valence-corrected chi connectivity index (χ2v) is 6.15. The first-order valence-electron chi connectivity index (χ1n) is 7.24. The van der Waals surface area contributed by atoms with Crippen molar-refractivity contribution in [1.82, 2.24) is 5.32 Å². The molecule has 2 aromatic carbocycles. The molecule has 0 spiro atoms. The molecule has 0 unspecified atom stereocenters. The molecule has 4 nitrogen and oxygen atoms in total. The summed E-state index contributed by atoms with van der Waals surface area (Å²) in [5.41, 5.74) is 8.69. The minimum absolute atomic E-state index is 0.327. The minimum Gasteiger partial charge on any atom is -0.455 e. The normalized spacial score (nSPS) is 10.4. The number of nitrogens with one attached hydrogen (secondary N) is 1. The Morgan fingerprint density at radius 2 is 1.92 bits per heavy atom. The van der Waals surface area contributed by atoms with E-state index in [1.54, 1.807) is 25.1 Å². The maximum absolute atomic E-state index is 13.2. The molecule has 0 aliphatic carbocycles. The van der Waals surface area contributed by atoms with Crippen molar-refractivity contribution in [3.8, 4) is 11.3 Å². The van der Waals surface area contributed by atoms with Crippen LogP contribution in [0, 0.1) is 12.7 Å². The van der Waals surface area contributed by atoms with Crippen LogP contribution in [0.4, 0.5) is 10.1 Å². The van der Waals surface area contributed by atoms with E-state index in [-0.39, 0.29) is 5.82 Å². The molecular weight excluding hydrogens is 375 g/mol. The number of halogens is 2. The van der Waals surface area contributed by atoms with Crippen LogP contribution in [0.15, 0.2) is 39.2 Å². The highest BCUT2D eigenvalue weighted by molar-refractivity contribution is 9.10. The molecule has 0 aliphatic heterocycles. The monoisotopic (exact) mass is 392 g/mol. The summed E-state index contributed by atoms with van der Waals surface area (Å²) in [6.45, 7) is 1.77. The molecule has 1 aromatic heterocycles. The number of anilines is 1. The van der Waals surface area contributed by atoms with Gasteiger partial charge in [0.05, 0.1) is 5.56 Å². The number of hydrogen-bond donors (Lipinski definition) is 2. The first kappa shape index (κ1) is 18.2. The van der Waals surface area contributed by atoms with E-state index in [1.807, 2.05) is 14.1 Å². The van der Waals surface area contributed by atoms with Crippen molar-refractivity contribution in [3.63, 3.8) is 0 Å². The third-order valence-electron chi connectivity index (χ3n) is 3.40. The molecule has 3 N–H and O–H groups in total. The fraction of sp³-hybridized carbons (Fsp3) is 0.167. The van der Waals surface area contributed by atoms with Crippen molar-refractivity contribution in [2.24, 2.45) is 0 Å². The van der Waals surface area contributed by atoms with Gasteiger partial charge in [0.25, 0.3) is 0 Å². The van der Waals surface area contributed by atoms with Crippen LogP contribution in [0.25, 0.3) is 22.3 Å². The first-order chi connectivity index (χ1) is 11.4. The van der Waals surface area contributed by atoms with Gasteiger partial charge in [0.1, 0.15) is 17.2 Å². The first-order valence-corrected chi connectivity index (χ1v) is 8.03. The Balaban J connectivity index is 0.000000647. The maximum atomic E-state index is 13.2. The summed E-state index contributed by atoms with van der Waals surface area (Å²) >= 11 is 3.34. The van der Waals surface area contributed by atoms with Crippen LogP contribution in [0.5, 0.6) is 0 Å². The molecule has 0 atom stereocenters. The van der Waals surface area contributed by atoms with Gasteiger partial charge in [0.2, 0.25) is 0 Å². The molecule has 0 bridgehead atoms. The molecule has 3 rings (SSSR count). The molecule has 6 heteroatoms. The van der Waals surface area contributed by atoms with Gasteiger partial charge < -0.3 is 15.5 Å². The Labute approximate surface area is 148 Å². The highest BCUT2D eigenvalue weighted by atomic mass is 79.9. The summed E-state index contributed by atoms with van der Waals surface area (Å²) in [6, 6.07) is 7.76. The lowest BCUT2D eigenvalue weighted by atomic mass is 10.0. The summed E-state index contributed by atoms with van der Waals surface area (Å²) in [6.07, 6.45) is 0.743. The van der Waals surface area contributed by atoms with E-state index in [4.69, 9.17) is 10.2 Å². The SMILES string of the molecule is CNC.Cc1cc(F)ccc1-c1oc2cc(N)c(Br)cc2c1C=O. The molecule has 24 heavy (non-hydrogen) atoms. The zero-order valence-corrected chi connectivity index (χ0v) is 15.2. The number of fused-ring (bicyclic) bond motifs is 1. The summed E-state index contributed by atoms with van der Waals surface area (Å²) in [5.74, 6) is 0.0991. The maximum Gasteiger partial charge on any atom is 0.154 e. The zero-order chi connectivity index (χ0) is 17.9. The summed E-state index contributed by atoms with van der Waals surface area (Å²) in [4.78, 5) is 11.5. The number of hydrogen-bond acceptors (Lipinski definition) is 4. The van der Waals surface area contributed by atoms with Crippen LogP contribution in [0.1, 0.15) is 15.9 Å². The summed E-state index contributed by atoms with van der Waals surface area (Å²) in [7, 11) is 3.75. The van der Waals surface area contributed by atoms with Crippen LogP contribution in [-0.4, -0.2) is 20.4 Å². The molecule has 3 aromatic rings. The largest absolute Gasteiger partial charge is 0.455 e. The van der Waals surface area contributed by atoms with Gasteiger partial charge in [0, 0.05) is 27.2 Å².